The maximum Gasteiger partial charge on any atom is 0.0636 e. The van der Waals surface area contributed by atoms with Crippen molar-refractivity contribution in [3.05, 3.63) is 181 Å². The van der Waals surface area contributed by atoms with Gasteiger partial charge in [-0.25, -0.2) is 0 Å². The van der Waals surface area contributed by atoms with E-state index in [0.29, 0.717) is 0 Å². The zero-order valence-electron chi connectivity index (χ0n) is 54.0. The zero-order valence-corrected chi connectivity index (χ0v) is 24.0. The lowest BCUT2D eigenvalue weighted by atomic mass is 9.83. The van der Waals surface area contributed by atoms with Crippen LogP contribution in [0.25, 0.3) is 98.0 Å². The summed E-state index contributed by atoms with van der Waals surface area (Å²) in [6, 6.07) is -29.5. The fourth-order valence-corrected chi connectivity index (χ4v) is 5.88. The first-order valence-corrected chi connectivity index (χ1v) is 14.2. The maximum absolute atomic E-state index is 10.3. The van der Waals surface area contributed by atoms with E-state index in [1.165, 1.54) is 0 Å². The van der Waals surface area contributed by atoms with Crippen LogP contribution in [0.4, 0.5) is 0 Å². The van der Waals surface area contributed by atoms with Gasteiger partial charge in [0.05, 0.1) is 41.1 Å². The van der Waals surface area contributed by atoms with Gasteiger partial charge in [-0.2, -0.15) is 0 Å². The van der Waals surface area contributed by atoms with E-state index in [4.69, 9.17) is 24.7 Å². The highest BCUT2D eigenvalue weighted by molar-refractivity contribution is 6.25. The molecule has 0 aliphatic heterocycles. The van der Waals surface area contributed by atoms with Crippen molar-refractivity contribution < 1.29 is 41.1 Å². The number of hydrogen-bond donors (Lipinski definition) is 0. The highest BCUT2D eigenvalue weighted by Gasteiger charge is 2.20. The first-order valence-electron chi connectivity index (χ1n) is 29.2. The summed E-state index contributed by atoms with van der Waals surface area (Å²) in [5.74, 6) is 0. The number of hydrogen-bond acceptors (Lipinski definition) is 0. The molecule has 0 amide bonds. The Bertz CT molecular complexity index is 4580. The quantitative estimate of drug-likeness (QED) is 0.134. The fourth-order valence-electron chi connectivity index (χ4n) is 5.88. The molecule has 0 aliphatic carbocycles. The lowest BCUT2D eigenvalue weighted by molar-refractivity contribution is 1.66. The third-order valence-corrected chi connectivity index (χ3v) is 7.94. The molecule has 0 fully saturated rings. The average Bonchev–Trinajstić information content (AvgIpc) is 3.42. The Morgan fingerprint density at radius 1 is 0.250 bits per heavy atom. The molecule has 10 rings (SSSR count). The minimum atomic E-state index is -1.17. The predicted molar refractivity (Wildman–Crippen MR) is 208 cm³/mol. The Morgan fingerprint density at radius 3 is 1.23 bits per heavy atom. The zero-order chi connectivity index (χ0) is 57.7. The average molecular weight is 637 g/mol. The van der Waals surface area contributed by atoms with Gasteiger partial charge in [0.25, 0.3) is 0 Å². The molecule has 48 heavy (non-hydrogen) atoms. The summed E-state index contributed by atoms with van der Waals surface area (Å²) in [6.45, 7) is 0. The molecule has 222 valence electrons. The van der Waals surface area contributed by atoms with Crippen molar-refractivity contribution in [2.45, 2.75) is 0 Å². The summed E-state index contributed by atoms with van der Waals surface area (Å²) >= 11 is 0. The molecule has 0 aromatic heterocycles. The second-order valence-electron chi connectivity index (χ2n) is 10.5. The van der Waals surface area contributed by atoms with Crippen molar-refractivity contribution in [3.8, 4) is 33.4 Å². The van der Waals surface area contributed by atoms with Gasteiger partial charge in [-0.15, -0.1) is 0 Å². The van der Waals surface area contributed by atoms with Crippen molar-refractivity contribution in [1.82, 2.24) is 0 Å². The highest BCUT2D eigenvalue weighted by atomic mass is 14.2. The maximum atomic E-state index is 10.3. The van der Waals surface area contributed by atoms with E-state index in [1.807, 2.05) is 0 Å². The molecule has 0 atom stereocenters. The van der Waals surface area contributed by atoms with Crippen LogP contribution in [0.3, 0.4) is 0 Å². The van der Waals surface area contributed by atoms with E-state index in [9.17, 15) is 16.4 Å². The Balaban J connectivity index is 1.63. The molecule has 0 spiro atoms. The normalized spacial score (nSPS) is 20.5. The van der Waals surface area contributed by atoms with Gasteiger partial charge >= 0.3 is 0 Å². The van der Waals surface area contributed by atoms with E-state index in [0.717, 1.165) is 0 Å². The molecule has 0 heteroatoms. The molecule has 10 aromatic rings. The van der Waals surface area contributed by atoms with Gasteiger partial charge < -0.3 is 0 Å². The van der Waals surface area contributed by atoms with Crippen LogP contribution >= 0.6 is 0 Å². The lowest BCUT2D eigenvalue weighted by Crippen LogP contribution is -1.93. The van der Waals surface area contributed by atoms with Crippen molar-refractivity contribution in [2.75, 3.05) is 0 Å². The summed E-state index contributed by atoms with van der Waals surface area (Å²) in [5, 5.41) is -8.78. The number of benzene rings is 10. The third-order valence-electron chi connectivity index (χ3n) is 7.94. The molecular weight excluding hydrogens is 577 g/mol. The lowest BCUT2D eigenvalue weighted by Gasteiger charge is -2.20. The molecule has 0 saturated carbocycles. The number of rotatable bonds is 3. The second kappa shape index (κ2) is 10.7. The van der Waals surface area contributed by atoms with Crippen LogP contribution in [0.5, 0.6) is 0 Å². The minimum absolute atomic E-state index is 0.590. The van der Waals surface area contributed by atoms with E-state index >= 15 is 0 Å². The fraction of sp³-hybridized carbons (Fsp3) is 0. The van der Waals surface area contributed by atoms with Gasteiger partial charge in [0.1, 0.15) is 0 Å². The largest absolute Gasteiger partial charge is 0.0636 e. The molecule has 0 saturated heterocycles. The highest BCUT2D eigenvalue weighted by Crippen LogP contribution is 2.47. The predicted octanol–water partition coefficient (Wildman–Crippen LogP) is 13.6. The summed E-state index contributed by atoms with van der Waals surface area (Å²) in [6.07, 6.45) is 0. The van der Waals surface area contributed by atoms with Gasteiger partial charge in [-0.05, 0) is 110 Å². The van der Waals surface area contributed by atoms with Gasteiger partial charge in [0, 0.05) is 0 Å². The van der Waals surface area contributed by atoms with E-state index in [-0.39, 0.29) is 0 Å². The van der Waals surface area contributed by atoms with E-state index in [2.05, 4.69) is 0 Å². The van der Waals surface area contributed by atoms with Crippen molar-refractivity contribution in [3.63, 3.8) is 0 Å². The van der Waals surface area contributed by atoms with Crippen LogP contribution in [0.2, 0.25) is 0 Å². The molecule has 0 bridgehead atoms. The minimum Gasteiger partial charge on any atom is -0.0616 e. The van der Waals surface area contributed by atoms with Crippen LogP contribution in [0.15, 0.2) is 181 Å². The van der Waals surface area contributed by atoms with Crippen LogP contribution in [-0.4, -0.2) is 0 Å². The first kappa shape index (κ1) is 10.6. The molecular formula is C48H30. The topological polar surface area (TPSA) is 0 Å². The van der Waals surface area contributed by atoms with Crippen molar-refractivity contribution in [2.24, 2.45) is 0 Å². The monoisotopic (exact) mass is 636 g/mol. The van der Waals surface area contributed by atoms with Crippen LogP contribution in [0, 0.1) is 0 Å². The van der Waals surface area contributed by atoms with Crippen LogP contribution < -0.4 is 0 Å². The summed E-state index contributed by atoms with van der Waals surface area (Å²) in [5.41, 5.74) is -5.21. The Labute approximate surface area is 321 Å². The summed E-state index contributed by atoms with van der Waals surface area (Å²) in [4.78, 5) is 0. The second-order valence-corrected chi connectivity index (χ2v) is 10.5. The van der Waals surface area contributed by atoms with Gasteiger partial charge in [0.15, 0.2) is 0 Å². The molecule has 0 radical (unpaired) electrons. The molecule has 0 nitrogen and oxygen atoms in total. The standard InChI is InChI=1S/C48H30/c1-4-16-37-31(11-1)14-9-21-40(37)47-42-19-7-8-20-43(42)48(41-22-10-15-32-12-2-5-17-38(32)41)46-30-36(27-28-44(46)47)35-26-25-34-24-23-33-13-3-6-18-39(33)45(34)29-35/h1-30H/i1D,2D,3D,4D,5D,6D,7D,8D,9D,10D,11D,12D,13D,14D,15D,16D,17D,18D,19D,20D,21D,22D,23D,24D,25D,26D,27D,28D,29D,30D. The molecule has 0 heterocycles. The van der Waals surface area contributed by atoms with Crippen LogP contribution in [-0.2, 0) is 0 Å². The Kier molecular flexibility index (Phi) is 2.36. The molecule has 10 aromatic carbocycles. The first-order chi connectivity index (χ1) is 36.3. The van der Waals surface area contributed by atoms with E-state index < -0.39 is 279 Å². The Hall–Kier alpha value is -6.24. The summed E-state index contributed by atoms with van der Waals surface area (Å²) < 4.78 is 274. The van der Waals surface area contributed by atoms with Crippen molar-refractivity contribution in [1.29, 1.82) is 0 Å². The van der Waals surface area contributed by atoms with Crippen molar-refractivity contribution >= 4 is 64.6 Å². The van der Waals surface area contributed by atoms with Gasteiger partial charge in [0.2, 0.25) is 0 Å². The molecule has 0 unspecified atom stereocenters. The molecule has 0 N–H and O–H groups in total. The Morgan fingerprint density at radius 2 is 0.625 bits per heavy atom. The van der Waals surface area contributed by atoms with E-state index in [1.54, 1.807) is 0 Å². The summed E-state index contributed by atoms with van der Waals surface area (Å²) in [7, 11) is 0. The van der Waals surface area contributed by atoms with Gasteiger partial charge in [-0.1, -0.05) is 169 Å². The smallest absolute Gasteiger partial charge is 0.0616 e. The molecule has 0 aliphatic rings. The third kappa shape index (κ3) is 4.10. The number of fused-ring (bicyclic) bond motifs is 7. The van der Waals surface area contributed by atoms with Gasteiger partial charge in [-0.3, -0.25) is 0 Å². The van der Waals surface area contributed by atoms with Crippen LogP contribution in [0.1, 0.15) is 41.1 Å². The SMILES string of the molecule is [2H]c1c([2H])c([2H])c2c(-c3c4c([2H])c([2H])c([2H])c([2H])c4c(-c4c([2H])c([2H])c([2H])c5c([2H])c([2H])c([2H])c([2H])c45)c4c([2H])c(-c5c([2H])c([2H])c6c([2H])c([2H])c7c([2H])c([2H])c([2H])c([2H])c7c6c5[2H])c([2H])c([2H])c34)c([2H])c([2H])c([2H])c2c1[2H].